The molecule has 0 radical (unpaired) electrons. The molecular formula is C17H26O3. The SMILES string of the molecule is CCCCC[C@@H](CC(=O)OCC)c1cccc(OC)c1. The summed E-state index contributed by atoms with van der Waals surface area (Å²) in [6, 6.07) is 8.00. The quantitative estimate of drug-likeness (QED) is 0.498. The number of carbonyl (C=O) groups excluding carboxylic acids is 1. The van der Waals surface area contributed by atoms with Crippen molar-refractivity contribution in [2.45, 2.75) is 51.9 Å². The minimum Gasteiger partial charge on any atom is -0.497 e. The first kappa shape index (κ1) is 16.5. The van der Waals surface area contributed by atoms with Crippen LogP contribution >= 0.6 is 0 Å². The van der Waals surface area contributed by atoms with Crippen LogP contribution < -0.4 is 4.74 Å². The zero-order valence-electron chi connectivity index (χ0n) is 12.9. The summed E-state index contributed by atoms with van der Waals surface area (Å²) in [6.07, 6.45) is 4.98. The van der Waals surface area contributed by atoms with Crippen molar-refractivity contribution in [1.82, 2.24) is 0 Å². The van der Waals surface area contributed by atoms with Gasteiger partial charge < -0.3 is 9.47 Å². The van der Waals surface area contributed by atoms with Gasteiger partial charge in [0.25, 0.3) is 0 Å². The largest absolute Gasteiger partial charge is 0.497 e. The second kappa shape index (κ2) is 9.40. The van der Waals surface area contributed by atoms with E-state index < -0.39 is 0 Å². The molecule has 0 spiro atoms. The lowest BCUT2D eigenvalue weighted by molar-refractivity contribution is -0.143. The van der Waals surface area contributed by atoms with Gasteiger partial charge in [-0.05, 0) is 37.0 Å². The molecule has 0 amide bonds. The Balaban J connectivity index is 2.76. The average molecular weight is 278 g/mol. The van der Waals surface area contributed by atoms with Crippen molar-refractivity contribution in [3.8, 4) is 5.75 Å². The van der Waals surface area contributed by atoms with Gasteiger partial charge in [-0.2, -0.15) is 0 Å². The molecule has 20 heavy (non-hydrogen) atoms. The number of hydrogen-bond donors (Lipinski definition) is 0. The Morgan fingerprint density at radius 2 is 2.05 bits per heavy atom. The van der Waals surface area contributed by atoms with Crippen molar-refractivity contribution < 1.29 is 14.3 Å². The molecule has 1 aromatic rings. The first-order chi connectivity index (χ1) is 9.71. The van der Waals surface area contributed by atoms with Crippen molar-refractivity contribution in [3.63, 3.8) is 0 Å². The fraction of sp³-hybridized carbons (Fsp3) is 0.588. The van der Waals surface area contributed by atoms with Gasteiger partial charge in [-0.1, -0.05) is 38.3 Å². The summed E-state index contributed by atoms with van der Waals surface area (Å²) >= 11 is 0. The number of benzene rings is 1. The number of unbranched alkanes of at least 4 members (excludes halogenated alkanes) is 2. The zero-order chi connectivity index (χ0) is 14.8. The van der Waals surface area contributed by atoms with E-state index in [2.05, 4.69) is 13.0 Å². The molecule has 0 heterocycles. The second-order valence-corrected chi connectivity index (χ2v) is 4.98. The highest BCUT2D eigenvalue weighted by Crippen LogP contribution is 2.29. The standard InChI is InChI=1S/C17H26O3/c1-4-6-7-9-15(13-17(18)20-5-2)14-10-8-11-16(12-14)19-3/h8,10-12,15H,4-7,9,13H2,1-3H3/t15-/m0/s1. The van der Waals surface area contributed by atoms with Crippen LogP contribution in [0.1, 0.15) is 57.4 Å². The number of carbonyl (C=O) groups is 1. The fourth-order valence-electron chi connectivity index (χ4n) is 2.34. The molecule has 1 aromatic carbocycles. The highest BCUT2D eigenvalue weighted by Gasteiger charge is 2.17. The Kier molecular flexibility index (Phi) is 7.78. The molecule has 0 unspecified atom stereocenters. The molecule has 0 aliphatic carbocycles. The van der Waals surface area contributed by atoms with Crippen LogP contribution in [0.2, 0.25) is 0 Å². The minimum atomic E-state index is -0.114. The summed E-state index contributed by atoms with van der Waals surface area (Å²) in [5.41, 5.74) is 1.16. The van der Waals surface area contributed by atoms with Gasteiger partial charge in [0.2, 0.25) is 0 Å². The van der Waals surface area contributed by atoms with Gasteiger partial charge in [-0.25, -0.2) is 0 Å². The Morgan fingerprint density at radius 1 is 1.25 bits per heavy atom. The lowest BCUT2D eigenvalue weighted by Crippen LogP contribution is -2.11. The molecule has 1 atom stereocenters. The monoisotopic (exact) mass is 278 g/mol. The van der Waals surface area contributed by atoms with Gasteiger partial charge in [0, 0.05) is 0 Å². The van der Waals surface area contributed by atoms with Crippen molar-refractivity contribution >= 4 is 5.97 Å². The third-order valence-electron chi connectivity index (χ3n) is 3.44. The summed E-state index contributed by atoms with van der Waals surface area (Å²) in [4.78, 5) is 11.8. The maximum atomic E-state index is 11.8. The third kappa shape index (κ3) is 5.64. The Morgan fingerprint density at radius 3 is 2.70 bits per heavy atom. The average Bonchev–Trinajstić information content (AvgIpc) is 2.47. The van der Waals surface area contributed by atoms with Crippen molar-refractivity contribution in [2.24, 2.45) is 0 Å². The van der Waals surface area contributed by atoms with Crippen LogP contribution in [-0.2, 0) is 9.53 Å². The van der Waals surface area contributed by atoms with Gasteiger partial charge >= 0.3 is 5.97 Å². The summed E-state index contributed by atoms with van der Waals surface area (Å²) in [7, 11) is 1.66. The Labute approximate surface area is 122 Å². The molecule has 0 aliphatic heterocycles. The number of rotatable bonds is 9. The lowest BCUT2D eigenvalue weighted by Gasteiger charge is -2.17. The van der Waals surface area contributed by atoms with Gasteiger partial charge in [0.15, 0.2) is 0 Å². The van der Waals surface area contributed by atoms with E-state index in [-0.39, 0.29) is 11.9 Å². The molecule has 0 aromatic heterocycles. The van der Waals surface area contributed by atoms with E-state index in [1.807, 2.05) is 25.1 Å². The first-order valence-corrected chi connectivity index (χ1v) is 7.50. The van der Waals surface area contributed by atoms with E-state index in [4.69, 9.17) is 9.47 Å². The van der Waals surface area contributed by atoms with Crippen molar-refractivity contribution in [2.75, 3.05) is 13.7 Å². The maximum absolute atomic E-state index is 11.8. The molecule has 0 saturated heterocycles. The second-order valence-electron chi connectivity index (χ2n) is 4.98. The summed E-state index contributed by atoms with van der Waals surface area (Å²) in [5, 5.41) is 0. The number of esters is 1. The van der Waals surface area contributed by atoms with E-state index in [1.165, 1.54) is 12.8 Å². The number of methoxy groups -OCH3 is 1. The van der Waals surface area contributed by atoms with E-state index in [9.17, 15) is 4.79 Å². The molecular weight excluding hydrogens is 252 g/mol. The van der Waals surface area contributed by atoms with Crippen molar-refractivity contribution in [1.29, 1.82) is 0 Å². The van der Waals surface area contributed by atoms with E-state index in [1.54, 1.807) is 7.11 Å². The minimum absolute atomic E-state index is 0.114. The summed E-state index contributed by atoms with van der Waals surface area (Å²) < 4.78 is 10.4. The molecule has 3 heteroatoms. The van der Waals surface area contributed by atoms with Gasteiger partial charge in [0.05, 0.1) is 20.1 Å². The molecule has 112 valence electrons. The molecule has 0 aliphatic rings. The predicted octanol–water partition coefficient (Wildman–Crippen LogP) is 4.31. The molecule has 0 bridgehead atoms. The van der Waals surface area contributed by atoms with Gasteiger partial charge in [-0.15, -0.1) is 0 Å². The van der Waals surface area contributed by atoms with Crippen LogP contribution in [-0.4, -0.2) is 19.7 Å². The molecule has 0 N–H and O–H groups in total. The topological polar surface area (TPSA) is 35.5 Å². The Bertz CT molecular complexity index is 401. The van der Waals surface area contributed by atoms with E-state index >= 15 is 0 Å². The van der Waals surface area contributed by atoms with Crippen LogP contribution in [0.5, 0.6) is 5.75 Å². The molecule has 0 fully saturated rings. The highest BCUT2D eigenvalue weighted by molar-refractivity contribution is 5.70. The van der Waals surface area contributed by atoms with Crippen LogP contribution in [0.25, 0.3) is 0 Å². The summed E-state index contributed by atoms with van der Waals surface area (Å²) in [5.74, 6) is 0.944. The summed E-state index contributed by atoms with van der Waals surface area (Å²) in [6.45, 7) is 4.47. The Hall–Kier alpha value is -1.51. The zero-order valence-corrected chi connectivity index (χ0v) is 12.9. The maximum Gasteiger partial charge on any atom is 0.306 e. The fourth-order valence-corrected chi connectivity index (χ4v) is 2.34. The predicted molar refractivity (Wildman–Crippen MR) is 81.1 cm³/mol. The molecule has 3 nitrogen and oxygen atoms in total. The van der Waals surface area contributed by atoms with Crippen molar-refractivity contribution in [3.05, 3.63) is 29.8 Å². The first-order valence-electron chi connectivity index (χ1n) is 7.50. The number of hydrogen-bond acceptors (Lipinski definition) is 3. The normalized spacial score (nSPS) is 11.9. The van der Waals surface area contributed by atoms with E-state index in [0.29, 0.717) is 13.0 Å². The van der Waals surface area contributed by atoms with Crippen LogP contribution in [0.3, 0.4) is 0 Å². The van der Waals surface area contributed by atoms with Gasteiger partial charge in [-0.3, -0.25) is 4.79 Å². The molecule has 0 saturated carbocycles. The third-order valence-corrected chi connectivity index (χ3v) is 3.44. The van der Waals surface area contributed by atoms with Crippen LogP contribution in [0.15, 0.2) is 24.3 Å². The van der Waals surface area contributed by atoms with Crippen LogP contribution in [0, 0.1) is 0 Å². The molecule has 1 rings (SSSR count). The number of ether oxygens (including phenoxy) is 2. The van der Waals surface area contributed by atoms with E-state index in [0.717, 1.165) is 24.2 Å². The smallest absolute Gasteiger partial charge is 0.306 e. The highest BCUT2D eigenvalue weighted by atomic mass is 16.5. The van der Waals surface area contributed by atoms with Gasteiger partial charge in [0.1, 0.15) is 5.75 Å². The lowest BCUT2D eigenvalue weighted by atomic mass is 9.90. The van der Waals surface area contributed by atoms with Crippen LogP contribution in [0.4, 0.5) is 0 Å².